The highest BCUT2D eigenvalue weighted by Gasteiger charge is 2.24. The van der Waals surface area contributed by atoms with Crippen molar-refractivity contribution in [3.63, 3.8) is 0 Å². The maximum atomic E-state index is 12.9. The lowest BCUT2D eigenvalue weighted by atomic mass is 10.1. The van der Waals surface area contributed by atoms with Crippen LogP contribution in [0.25, 0.3) is 0 Å². The highest BCUT2D eigenvalue weighted by molar-refractivity contribution is 6.08. The lowest BCUT2D eigenvalue weighted by Gasteiger charge is -2.12. The predicted molar refractivity (Wildman–Crippen MR) is 64.4 cm³/mol. The number of hydrogen-bond acceptors (Lipinski definition) is 5. The number of nitrogens with zero attached hydrogens (tertiary/aromatic N) is 1. The number of amides is 1. The largest absolute Gasteiger partial charge is 0.464 e. The van der Waals surface area contributed by atoms with E-state index in [1.807, 2.05) is 0 Å². The average Bonchev–Trinajstić information content (AvgIpc) is 2.39. The third-order valence-corrected chi connectivity index (χ3v) is 2.18. The maximum absolute atomic E-state index is 12.9. The summed E-state index contributed by atoms with van der Waals surface area (Å²) in [7, 11) is 0. The van der Waals surface area contributed by atoms with Crippen LogP contribution >= 0.6 is 0 Å². The summed E-state index contributed by atoms with van der Waals surface area (Å²) >= 11 is 0. The van der Waals surface area contributed by atoms with Crippen LogP contribution in [0.2, 0.25) is 0 Å². The van der Waals surface area contributed by atoms with Gasteiger partial charge in [0.05, 0.1) is 17.9 Å². The predicted octanol–water partition coefficient (Wildman–Crippen LogP) is 0.526. The number of ether oxygens (including phenoxy) is 1. The second kappa shape index (κ2) is 6.47. The number of nitriles is 1. The van der Waals surface area contributed by atoms with Crippen molar-refractivity contribution in [2.45, 2.75) is 13.0 Å². The quantitative estimate of drug-likeness (QED) is 0.610. The maximum Gasteiger partial charge on any atom is 0.332 e. The van der Waals surface area contributed by atoms with Crippen molar-refractivity contribution < 1.29 is 18.7 Å². The average molecular weight is 265 g/mol. The second-order valence-electron chi connectivity index (χ2n) is 3.52. The molecule has 1 rings (SSSR count). The Morgan fingerprint density at radius 3 is 2.84 bits per heavy atom. The van der Waals surface area contributed by atoms with E-state index in [0.717, 1.165) is 12.1 Å². The molecule has 1 unspecified atom stereocenters. The zero-order valence-electron chi connectivity index (χ0n) is 10.1. The molecule has 7 heteroatoms. The number of esters is 1. The molecule has 1 aromatic rings. The fraction of sp³-hybridized carbons (Fsp3) is 0.250. The lowest BCUT2D eigenvalue weighted by Crippen LogP contribution is -2.43. The smallest absolute Gasteiger partial charge is 0.332 e. The first-order valence-corrected chi connectivity index (χ1v) is 5.42. The summed E-state index contributed by atoms with van der Waals surface area (Å²) in [6.45, 7) is 1.68. The van der Waals surface area contributed by atoms with Gasteiger partial charge in [-0.1, -0.05) is 0 Å². The number of rotatable bonds is 4. The molecule has 3 N–H and O–H groups in total. The van der Waals surface area contributed by atoms with Crippen molar-refractivity contribution in [3.8, 4) is 6.07 Å². The molecular weight excluding hydrogens is 253 g/mol. The van der Waals surface area contributed by atoms with E-state index < -0.39 is 23.7 Å². The van der Waals surface area contributed by atoms with Crippen molar-refractivity contribution in [1.29, 1.82) is 5.26 Å². The summed E-state index contributed by atoms with van der Waals surface area (Å²) < 4.78 is 17.5. The number of nitrogens with one attached hydrogen (secondary N) is 1. The molecule has 19 heavy (non-hydrogen) atoms. The summed E-state index contributed by atoms with van der Waals surface area (Å²) in [4.78, 5) is 22.9. The monoisotopic (exact) mass is 265 g/mol. The number of benzene rings is 1. The number of nitrogens with two attached hydrogens (primary N) is 1. The van der Waals surface area contributed by atoms with Crippen LogP contribution in [0.5, 0.6) is 0 Å². The molecule has 0 aliphatic heterocycles. The van der Waals surface area contributed by atoms with Crippen LogP contribution in [0.4, 0.5) is 10.1 Å². The standard InChI is InChI=1S/C12H12FN3O3/c1-2-19-12(18)10(15)11(17)16-9-4-3-8(13)5-7(9)6-14/h3-5,10H,2,15H2,1H3,(H,16,17). The molecule has 0 saturated carbocycles. The summed E-state index contributed by atoms with van der Waals surface area (Å²) in [6.07, 6.45) is 0. The minimum Gasteiger partial charge on any atom is -0.464 e. The molecule has 0 aliphatic rings. The third kappa shape index (κ3) is 3.76. The number of anilines is 1. The molecule has 0 radical (unpaired) electrons. The number of halogens is 1. The van der Waals surface area contributed by atoms with E-state index in [4.69, 9.17) is 11.0 Å². The fourth-order valence-corrected chi connectivity index (χ4v) is 1.27. The fourth-order valence-electron chi connectivity index (χ4n) is 1.27. The Morgan fingerprint density at radius 2 is 2.26 bits per heavy atom. The minimum absolute atomic E-state index is 0.0654. The van der Waals surface area contributed by atoms with Gasteiger partial charge in [-0.15, -0.1) is 0 Å². The van der Waals surface area contributed by atoms with E-state index in [0.29, 0.717) is 0 Å². The molecule has 0 spiro atoms. The molecule has 0 heterocycles. The zero-order valence-corrected chi connectivity index (χ0v) is 10.1. The van der Waals surface area contributed by atoms with Crippen LogP contribution in [0.1, 0.15) is 12.5 Å². The van der Waals surface area contributed by atoms with Gasteiger partial charge < -0.3 is 15.8 Å². The SMILES string of the molecule is CCOC(=O)C(N)C(=O)Nc1ccc(F)cc1C#N. The van der Waals surface area contributed by atoms with Crippen molar-refractivity contribution in [3.05, 3.63) is 29.6 Å². The molecule has 0 aromatic heterocycles. The lowest BCUT2D eigenvalue weighted by molar-refractivity contribution is -0.146. The minimum atomic E-state index is -1.50. The van der Waals surface area contributed by atoms with Crippen molar-refractivity contribution in [2.24, 2.45) is 5.73 Å². The molecular formula is C12H12FN3O3. The zero-order chi connectivity index (χ0) is 14.4. The Morgan fingerprint density at radius 1 is 1.58 bits per heavy atom. The van der Waals surface area contributed by atoms with Crippen LogP contribution in [-0.4, -0.2) is 24.5 Å². The molecule has 0 bridgehead atoms. The van der Waals surface area contributed by atoms with Gasteiger partial charge in [-0.2, -0.15) is 5.26 Å². The van der Waals surface area contributed by atoms with Crippen LogP contribution in [-0.2, 0) is 14.3 Å². The van der Waals surface area contributed by atoms with Crippen LogP contribution < -0.4 is 11.1 Å². The first kappa shape index (κ1) is 14.6. The summed E-state index contributed by atoms with van der Waals surface area (Å²) in [6, 6.07) is 3.47. The summed E-state index contributed by atoms with van der Waals surface area (Å²) in [5.41, 5.74) is 5.38. The summed E-state index contributed by atoms with van der Waals surface area (Å²) in [5.74, 6) is -2.31. The van der Waals surface area contributed by atoms with E-state index in [9.17, 15) is 14.0 Å². The number of carbonyl (C=O) groups excluding carboxylic acids is 2. The molecule has 6 nitrogen and oxygen atoms in total. The molecule has 100 valence electrons. The highest BCUT2D eigenvalue weighted by atomic mass is 19.1. The first-order valence-electron chi connectivity index (χ1n) is 5.42. The first-order chi connectivity index (χ1) is 8.99. The van der Waals surface area contributed by atoms with Gasteiger partial charge in [0.2, 0.25) is 0 Å². The molecule has 0 fully saturated rings. The normalized spacial score (nSPS) is 11.3. The second-order valence-corrected chi connectivity index (χ2v) is 3.52. The van der Waals surface area contributed by atoms with Gasteiger partial charge >= 0.3 is 5.97 Å². The number of carbonyl (C=O) groups is 2. The Bertz CT molecular complexity index is 540. The highest BCUT2D eigenvalue weighted by Crippen LogP contribution is 2.16. The topological polar surface area (TPSA) is 105 Å². The van der Waals surface area contributed by atoms with E-state index in [2.05, 4.69) is 10.1 Å². The van der Waals surface area contributed by atoms with Crippen LogP contribution in [0, 0.1) is 17.1 Å². The van der Waals surface area contributed by atoms with Gasteiger partial charge in [0.1, 0.15) is 11.9 Å². The summed E-state index contributed by atoms with van der Waals surface area (Å²) in [5, 5.41) is 11.1. The van der Waals surface area contributed by atoms with Crippen molar-refractivity contribution in [1.82, 2.24) is 0 Å². The Balaban J connectivity index is 2.83. The number of hydrogen-bond donors (Lipinski definition) is 2. The Labute approximate surface area is 109 Å². The Hall–Kier alpha value is -2.46. The van der Waals surface area contributed by atoms with Gasteiger partial charge in [0, 0.05) is 0 Å². The van der Waals surface area contributed by atoms with E-state index >= 15 is 0 Å². The molecule has 0 aliphatic carbocycles. The van der Waals surface area contributed by atoms with E-state index in [-0.39, 0.29) is 17.9 Å². The third-order valence-electron chi connectivity index (χ3n) is 2.18. The van der Waals surface area contributed by atoms with Gasteiger partial charge in [-0.05, 0) is 25.1 Å². The van der Waals surface area contributed by atoms with Crippen LogP contribution in [0.3, 0.4) is 0 Å². The van der Waals surface area contributed by atoms with Gasteiger partial charge in [-0.25, -0.2) is 9.18 Å². The van der Waals surface area contributed by atoms with Gasteiger partial charge in [-0.3, -0.25) is 4.79 Å². The van der Waals surface area contributed by atoms with Gasteiger partial charge in [0.15, 0.2) is 6.04 Å². The van der Waals surface area contributed by atoms with Crippen molar-refractivity contribution in [2.75, 3.05) is 11.9 Å². The molecule has 1 aromatic carbocycles. The van der Waals surface area contributed by atoms with E-state index in [1.165, 1.54) is 6.07 Å². The molecule has 0 saturated heterocycles. The van der Waals surface area contributed by atoms with E-state index in [1.54, 1.807) is 13.0 Å². The van der Waals surface area contributed by atoms with Crippen molar-refractivity contribution >= 4 is 17.6 Å². The van der Waals surface area contributed by atoms with Gasteiger partial charge in [0.25, 0.3) is 5.91 Å². The molecule has 1 atom stereocenters. The van der Waals surface area contributed by atoms with Crippen LogP contribution in [0.15, 0.2) is 18.2 Å². The Kier molecular flexibility index (Phi) is 4.97. The molecule has 1 amide bonds.